The van der Waals surface area contributed by atoms with Gasteiger partial charge in [0.25, 0.3) is 5.91 Å². The second-order valence-corrected chi connectivity index (χ2v) is 3.42. The van der Waals surface area contributed by atoms with Crippen molar-refractivity contribution in [2.24, 2.45) is 0 Å². The molecule has 0 aliphatic carbocycles. The summed E-state index contributed by atoms with van der Waals surface area (Å²) in [5, 5.41) is 17.9. The molecule has 17 heavy (non-hydrogen) atoms. The van der Waals surface area contributed by atoms with E-state index in [9.17, 15) is 19.5 Å². The molecule has 1 rings (SSSR count). The maximum atomic E-state index is 11.5. The van der Waals surface area contributed by atoms with Crippen LogP contribution in [-0.4, -0.2) is 52.7 Å². The Balaban J connectivity index is 2.67. The summed E-state index contributed by atoms with van der Waals surface area (Å²) in [6, 6.07) is 0. The first-order valence-electron chi connectivity index (χ1n) is 5.07. The lowest BCUT2D eigenvalue weighted by Gasteiger charge is -2.14. The topological polar surface area (TPSA) is 104 Å². The Bertz CT molecular complexity index is 386. The van der Waals surface area contributed by atoms with Crippen molar-refractivity contribution in [3.8, 4) is 0 Å². The number of hydrogen-bond acceptors (Lipinski definition) is 5. The van der Waals surface area contributed by atoms with Gasteiger partial charge in [-0.1, -0.05) is 0 Å². The smallest absolute Gasteiger partial charge is 0.339 e. The Morgan fingerprint density at radius 1 is 1.47 bits per heavy atom. The summed E-state index contributed by atoms with van der Waals surface area (Å²) in [6.07, 6.45) is -0.241. The standard InChI is InChI=1S/C10H13NO6/c1-2-17-10(16)6-5-11(4-3-7(12)13)9(15)8(6)14/h14H,2-5H2,1H3,(H,12,13). The van der Waals surface area contributed by atoms with Gasteiger partial charge in [0.1, 0.15) is 5.57 Å². The number of hydrogen-bond donors (Lipinski definition) is 2. The summed E-state index contributed by atoms with van der Waals surface area (Å²) < 4.78 is 4.67. The van der Waals surface area contributed by atoms with Gasteiger partial charge in [-0.3, -0.25) is 9.59 Å². The van der Waals surface area contributed by atoms with Crippen molar-refractivity contribution in [3.63, 3.8) is 0 Å². The number of carbonyl (C=O) groups is 3. The second-order valence-electron chi connectivity index (χ2n) is 3.42. The molecule has 0 fully saturated rings. The van der Waals surface area contributed by atoms with Crippen LogP contribution in [0.2, 0.25) is 0 Å². The average molecular weight is 243 g/mol. The van der Waals surface area contributed by atoms with Crippen molar-refractivity contribution in [1.29, 1.82) is 0 Å². The maximum absolute atomic E-state index is 11.5. The van der Waals surface area contributed by atoms with Gasteiger partial charge < -0.3 is 19.8 Å². The number of aliphatic hydroxyl groups is 1. The second kappa shape index (κ2) is 5.33. The van der Waals surface area contributed by atoms with Crippen molar-refractivity contribution >= 4 is 17.8 Å². The predicted octanol–water partition coefficient (Wildman–Crippen LogP) is -0.321. The zero-order valence-electron chi connectivity index (χ0n) is 9.30. The van der Waals surface area contributed by atoms with Gasteiger partial charge in [0.2, 0.25) is 0 Å². The molecule has 94 valence electrons. The van der Waals surface area contributed by atoms with Crippen molar-refractivity contribution in [2.45, 2.75) is 13.3 Å². The Morgan fingerprint density at radius 2 is 2.12 bits per heavy atom. The molecule has 0 aromatic rings. The van der Waals surface area contributed by atoms with E-state index < -0.39 is 23.6 Å². The highest BCUT2D eigenvalue weighted by molar-refractivity contribution is 6.05. The summed E-state index contributed by atoms with van der Waals surface area (Å²) in [5.41, 5.74) is -0.123. The fourth-order valence-corrected chi connectivity index (χ4v) is 1.41. The van der Waals surface area contributed by atoms with Gasteiger partial charge >= 0.3 is 11.9 Å². The van der Waals surface area contributed by atoms with E-state index >= 15 is 0 Å². The number of esters is 1. The molecule has 1 aliphatic heterocycles. The van der Waals surface area contributed by atoms with Gasteiger partial charge in [-0.05, 0) is 6.92 Å². The average Bonchev–Trinajstić information content (AvgIpc) is 2.54. The summed E-state index contributed by atoms with van der Waals surface area (Å²) in [6.45, 7) is 1.57. The zero-order chi connectivity index (χ0) is 13.0. The third kappa shape index (κ3) is 2.96. The molecule has 0 atom stereocenters. The number of rotatable bonds is 5. The van der Waals surface area contributed by atoms with Gasteiger partial charge in [-0.15, -0.1) is 0 Å². The van der Waals surface area contributed by atoms with Crippen LogP contribution < -0.4 is 0 Å². The van der Waals surface area contributed by atoms with E-state index in [-0.39, 0.29) is 31.7 Å². The third-order valence-electron chi connectivity index (χ3n) is 2.24. The minimum Gasteiger partial charge on any atom is -0.503 e. The lowest BCUT2D eigenvalue weighted by Crippen LogP contribution is -2.30. The Hall–Kier alpha value is -2.05. The molecule has 1 heterocycles. The molecule has 1 aliphatic rings. The van der Waals surface area contributed by atoms with Gasteiger partial charge in [0, 0.05) is 6.54 Å². The molecule has 0 aromatic heterocycles. The number of carboxylic acid groups (broad SMARTS) is 1. The van der Waals surface area contributed by atoms with E-state index in [4.69, 9.17) is 5.11 Å². The summed E-state index contributed by atoms with van der Waals surface area (Å²) >= 11 is 0. The predicted molar refractivity (Wildman–Crippen MR) is 55.1 cm³/mol. The van der Waals surface area contributed by atoms with Gasteiger partial charge in [-0.2, -0.15) is 0 Å². The van der Waals surface area contributed by atoms with Crippen LogP contribution in [0.4, 0.5) is 0 Å². The van der Waals surface area contributed by atoms with Crippen LogP contribution in [0.15, 0.2) is 11.3 Å². The quantitative estimate of drug-likeness (QED) is 0.641. The first-order valence-corrected chi connectivity index (χ1v) is 5.07. The number of aliphatic carboxylic acids is 1. The number of amides is 1. The van der Waals surface area contributed by atoms with E-state index in [1.807, 2.05) is 0 Å². The van der Waals surface area contributed by atoms with Crippen LogP contribution in [0, 0.1) is 0 Å². The molecule has 7 nitrogen and oxygen atoms in total. The molecule has 0 saturated heterocycles. The van der Waals surface area contributed by atoms with Crippen LogP contribution >= 0.6 is 0 Å². The van der Waals surface area contributed by atoms with Crippen molar-refractivity contribution in [3.05, 3.63) is 11.3 Å². The lowest BCUT2D eigenvalue weighted by atomic mass is 10.2. The number of ether oxygens (including phenoxy) is 1. The molecule has 0 aromatic carbocycles. The van der Waals surface area contributed by atoms with Crippen LogP contribution in [0.5, 0.6) is 0 Å². The Kier molecular flexibility index (Phi) is 4.08. The van der Waals surface area contributed by atoms with Crippen molar-refractivity contribution in [1.82, 2.24) is 4.90 Å². The Morgan fingerprint density at radius 3 is 2.65 bits per heavy atom. The minimum atomic E-state index is -1.05. The molecular weight excluding hydrogens is 230 g/mol. The van der Waals surface area contributed by atoms with Crippen molar-refractivity contribution in [2.75, 3.05) is 19.7 Å². The maximum Gasteiger partial charge on any atom is 0.339 e. The van der Waals surface area contributed by atoms with Crippen LogP contribution in [0.1, 0.15) is 13.3 Å². The number of aliphatic hydroxyl groups excluding tert-OH is 1. The SMILES string of the molecule is CCOC(=O)C1=C(O)C(=O)N(CCC(=O)O)C1. The lowest BCUT2D eigenvalue weighted by molar-refractivity contribution is -0.139. The molecule has 1 amide bonds. The summed E-state index contributed by atoms with van der Waals surface area (Å²) in [4.78, 5) is 34.3. The van der Waals surface area contributed by atoms with Crippen LogP contribution in [-0.2, 0) is 19.1 Å². The molecule has 0 spiro atoms. The first kappa shape index (κ1) is 13.0. The highest BCUT2D eigenvalue weighted by Gasteiger charge is 2.34. The fraction of sp³-hybridized carbons (Fsp3) is 0.500. The molecule has 0 saturated carbocycles. The number of carboxylic acids is 1. The van der Waals surface area contributed by atoms with E-state index in [2.05, 4.69) is 4.74 Å². The van der Waals surface area contributed by atoms with E-state index in [0.29, 0.717) is 0 Å². The number of nitrogens with zero attached hydrogens (tertiary/aromatic N) is 1. The van der Waals surface area contributed by atoms with E-state index in [1.54, 1.807) is 6.92 Å². The minimum absolute atomic E-state index is 0.0544. The monoisotopic (exact) mass is 243 g/mol. The molecule has 7 heteroatoms. The molecule has 0 radical (unpaired) electrons. The van der Waals surface area contributed by atoms with E-state index in [1.165, 1.54) is 0 Å². The van der Waals surface area contributed by atoms with Crippen molar-refractivity contribution < 1.29 is 29.3 Å². The summed E-state index contributed by atoms with van der Waals surface area (Å²) in [7, 11) is 0. The molecule has 0 unspecified atom stereocenters. The number of carbonyl (C=O) groups excluding carboxylic acids is 2. The molecule has 2 N–H and O–H groups in total. The third-order valence-corrected chi connectivity index (χ3v) is 2.24. The van der Waals surface area contributed by atoms with E-state index in [0.717, 1.165) is 4.90 Å². The molecular formula is C10H13NO6. The van der Waals surface area contributed by atoms with Crippen LogP contribution in [0.3, 0.4) is 0 Å². The highest BCUT2D eigenvalue weighted by Crippen LogP contribution is 2.18. The fourth-order valence-electron chi connectivity index (χ4n) is 1.41. The van der Waals surface area contributed by atoms with Gasteiger partial charge in [0.15, 0.2) is 5.76 Å². The largest absolute Gasteiger partial charge is 0.503 e. The highest BCUT2D eigenvalue weighted by atomic mass is 16.5. The van der Waals surface area contributed by atoms with Gasteiger partial charge in [0.05, 0.1) is 19.6 Å². The zero-order valence-corrected chi connectivity index (χ0v) is 9.30. The van der Waals surface area contributed by atoms with Gasteiger partial charge in [-0.25, -0.2) is 4.79 Å². The van der Waals surface area contributed by atoms with Crippen LogP contribution in [0.25, 0.3) is 0 Å². The first-order chi connectivity index (χ1) is 7.97. The Labute approximate surface area is 97.3 Å². The summed E-state index contributed by atoms with van der Waals surface area (Å²) in [5.74, 6) is -3.21. The molecule has 0 bridgehead atoms. The normalized spacial score (nSPS) is 15.4.